The number of carboxylic acid groups (broad SMARTS) is 1. The molecule has 27 heavy (non-hydrogen) atoms. The lowest BCUT2D eigenvalue weighted by Crippen LogP contribution is -2.21. The minimum atomic E-state index is -1.02. The molecule has 0 saturated carbocycles. The van der Waals surface area contributed by atoms with Gasteiger partial charge in [0.05, 0.1) is 6.26 Å². The zero-order chi connectivity index (χ0) is 19.6. The summed E-state index contributed by atoms with van der Waals surface area (Å²) in [6.07, 6.45) is 1.57. The van der Waals surface area contributed by atoms with E-state index in [4.69, 9.17) is 8.83 Å². The molecule has 2 unspecified atom stereocenters. The molecule has 0 bridgehead atoms. The molecule has 2 atom stereocenters. The highest BCUT2D eigenvalue weighted by molar-refractivity contribution is 7.81. The fourth-order valence-corrected chi connectivity index (χ4v) is 3.24. The normalized spacial score (nSPS) is 14.7. The fourth-order valence-electron chi connectivity index (χ4n) is 2.99. The summed E-state index contributed by atoms with van der Waals surface area (Å²) in [6, 6.07) is 13.6. The van der Waals surface area contributed by atoms with E-state index in [2.05, 4.69) is 31.8 Å². The highest BCUT2D eigenvalue weighted by Crippen LogP contribution is 2.38. The molecule has 2 aromatic heterocycles. The van der Waals surface area contributed by atoms with Crippen LogP contribution in [-0.2, 0) is 9.54 Å². The second kappa shape index (κ2) is 7.56. The molecule has 0 amide bonds. The smallest absolute Gasteiger partial charge is 0.334 e. The highest BCUT2D eigenvalue weighted by Gasteiger charge is 2.33. The zero-order valence-electron chi connectivity index (χ0n) is 15.5. The maximum atomic E-state index is 11.9. The van der Waals surface area contributed by atoms with E-state index >= 15 is 0 Å². The van der Waals surface area contributed by atoms with Gasteiger partial charge in [0, 0.05) is 5.69 Å². The van der Waals surface area contributed by atoms with Crippen LogP contribution in [0.15, 0.2) is 63.6 Å². The fraction of sp³-hybridized carbons (Fsp3) is 0.286. The van der Waals surface area contributed by atoms with Gasteiger partial charge >= 0.3 is 5.97 Å². The lowest BCUT2D eigenvalue weighted by molar-refractivity contribution is -0.138. The highest BCUT2D eigenvalue weighted by atomic mass is 32.1. The molecule has 0 spiro atoms. The average Bonchev–Trinajstić information content (AvgIpc) is 3.31. The maximum Gasteiger partial charge on any atom is 0.334 e. The Bertz CT molecular complexity index is 912. The van der Waals surface area contributed by atoms with Gasteiger partial charge < -0.3 is 19.3 Å². The molecule has 0 aliphatic heterocycles. The molecule has 0 fully saturated rings. The van der Waals surface area contributed by atoms with Crippen molar-refractivity contribution in [3.63, 3.8) is 0 Å². The lowest BCUT2D eigenvalue weighted by atomic mass is 10.0. The van der Waals surface area contributed by atoms with Gasteiger partial charge in [-0.2, -0.15) is 12.6 Å². The van der Waals surface area contributed by atoms with Gasteiger partial charge in [-0.15, -0.1) is 0 Å². The van der Waals surface area contributed by atoms with E-state index in [0.717, 1.165) is 11.3 Å². The quantitative estimate of drug-likeness (QED) is 0.473. The molecule has 0 radical (unpaired) electrons. The first-order valence-electron chi connectivity index (χ1n) is 8.75. The molecule has 6 heteroatoms. The summed E-state index contributed by atoms with van der Waals surface area (Å²) in [6.45, 7) is 5.97. The molecule has 2 N–H and O–H groups in total. The van der Waals surface area contributed by atoms with E-state index in [1.807, 2.05) is 31.2 Å². The molecule has 0 saturated heterocycles. The van der Waals surface area contributed by atoms with Crippen LogP contribution in [-0.4, -0.2) is 11.1 Å². The van der Waals surface area contributed by atoms with E-state index in [1.54, 1.807) is 30.5 Å². The van der Waals surface area contributed by atoms with Crippen molar-refractivity contribution in [3.05, 3.63) is 77.6 Å². The van der Waals surface area contributed by atoms with Gasteiger partial charge in [-0.3, -0.25) is 0 Å². The average molecular weight is 385 g/mol. The van der Waals surface area contributed by atoms with Crippen LogP contribution in [0.3, 0.4) is 0 Å². The number of para-hydroxylation sites is 1. The summed E-state index contributed by atoms with van der Waals surface area (Å²) in [7, 11) is 0. The van der Waals surface area contributed by atoms with Crippen LogP contribution in [0, 0.1) is 0 Å². The summed E-state index contributed by atoms with van der Waals surface area (Å²) in [4.78, 5) is 11.9. The number of aliphatic carboxylic acids is 1. The summed E-state index contributed by atoms with van der Waals surface area (Å²) >= 11 is 4.65. The van der Waals surface area contributed by atoms with Crippen molar-refractivity contribution in [2.75, 3.05) is 5.32 Å². The second-order valence-corrected chi connectivity index (χ2v) is 7.80. The van der Waals surface area contributed by atoms with Crippen molar-refractivity contribution in [1.29, 1.82) is 0 Å². The topological polar surface area (TPSA) is 75.6 Å². The van der Waals surface area contributed by atoms with Gasteiger partial charge in [0.1, 0.15) is 22.0 Å². The van der Waals surface area contributed by atoms with Gasteiger partial charge in [0.15, 0.2) is 6.04 Å². The lowest BCUT2D eigenvalue weighted by Gasteiger charge is -2.20. The summed E-state index contributed by atoms with van der Waals surface area (Å²) < 4.78 is 10.5. The summed E-state index contributed by atoms with van der Waals surface area (Å²) in [5.74, 6) is 0.684. The number of carboxylic acids is 1. The monoisotopic (exact) mass is 385 g/mol. The van der Waals surface area contributed by atoms with Crippen molar-refractivity contribution in [3.8, 4) is 0 Å². The van der Waals surface area contributed by atoms with Gasteiger partial charge in [0.2, 0.25) is 0 Å². The maximum absolute atomic E-state index is 11.9. The number of benzene rings is 1. The first-order chi connectivity index (χ1) is 12.8. The van der Waals surface area contributed by atoms with Crippen LogP contribution in [0.4, 0.5) is 5.69 Å². The van der Waals surface area contributed by atoms with E-state index in [0.29, 0.717) is 17.3 Å². The number of hydrogen-bond donors (Lipinski definition) is 3. The van der Waals surface area contributed by atoms with Crippen LogP contribution < -0.4 is 5.32 Å². The van der Waals surface area contributed by atoms with Gasteiger partial charge in [-0.1, -0.05) is 32.0 Å². The minimum absolute atomic E-state index is 0.259. The predicted octanol–water partition coefficient (Wildman–Crippen LogP) is 5.43. The van der Waals surface area contributed by atoms with Crippen LogP contribution in [0.2, 0.25) is 0 Å². The van der Waals surface area contributed by atoms with Crippen molar-refractivity contribution in [2.45, 2.75) is 37.5 Å². The molecule has 142 valence electrons. The SMILES string of the molecule is CC(C)c1ccccc1NC(C(=O)O)c1ccc(C(C)(S)c2ccco2)o1. The minimum Gasteiger partial charge on any atom is -0.479 e. The van der Waals surface area contributed by atoms with Crippen molar-refractivity contribution >= 4 is 24.3 Å². The number of rotatable bonds is 7. The molecule has 3 rings (SSSR count). The molecular formula is C21H23NO4S. The Labute approximate surface area is 163 Å². The molecule has 0 aliphatic carbocycles. The first-order valence-corrected chi connectivity index (χ1v) is 9.20. The van der Waals surface area contributed by atoms with E-state index in [-0.39, 0.29) is 5.92 Å². The molecule has 1 aromatic carbocycles. The third-order valence-electron chi connectivity index (χ3n) is 4.52. The Hall–Kier alpha value is -2.60. The Kier molecular flexibility index (Phi) is 5.37. The van der Waals surface area contributed by atoms with Gasteiger partial charge in [-0.05, 0) is 48.7 Å². The van der Waals surface area contributed by atoms with Crippen molar-refractivity contribution in [2.24, 2.45) is 0 Å². The number of carbonyl (C=O) groups is 1. The summed E-state index contributed by atoms with van der Waals surface area (Å²) in [5.41, 5.74) is 1.82. The number of anilines is 1. The third-order valence-corrected chi connectivity index (χ3v) is 4.96. The molecule has 2 heterocycles. The Morgan fingerprint density at radius 1 is 1.11 bits per heavy atom. The largest absolute Gasteiger partial charge is 0.479 e. The molecule has 5 nitrogen and oxygen atoms in total. The Morgan fingerprint density at radius 3 is 2.48 bits per heavy atom. The van der Waals surface area contributed by atoms with Crippen molar-refractivity contribution < 1.29 is 18.7 Å². The molecule has 0 aliphatic rings. The van der Waals surface area contributed by atoms with Crippen LogP contribution in [0.1, 0.15) is 55.6 Å². The number of nitrogens with one attached hydrogen (secondary N) is 1. The number of hydrogen-bond acceptors (Lipinski definition) is 5. The van der Waals surface area contributed by atoms with Gasteiger partial charge in [-0.25, -0.2) is 4.79 Å². The van der Waals surface area contributed by atoms with E-state index in [9.17, 15) is 9.90 Å². The third kappa shape index (κ3) is 3.90. The van der Waals surface area contributed by atoms with Gasteiger partial charge in [0.25, 0.3) is 0 Å². The zero-order valence-corrected chi connectivity index (χ0v) is 16.4. The number of thiol groups is 1. The van der Waals surface area contributed by atoms with Crippen LogP contribution in [0.5, 0.6) is 0 Å². The van der Waals surface area contributed by atoms with E-state index in [1.165, 1.54) is 0 Å². The van der Waals surface area contributed by atoms with Crippen LogP contribution in [0.25, 0.3) is 0 Å². The molecule has 3 aromatic rings. The van der Waals surface area contributed by atoms with E-state index < -0.39 is 16.8 Å². The Morgan fingerprint density at radius 2 is 1.85 bits per heavy atom. The first kappa shape index (κ1) is 19.2. The molecular weight excluding hydrogens is 362 g/mol. The standard InChI is InChI=1S/C21H23NO4S/c1-13(2)14-7-4-5-8-15(14)22-19(20(23)24)16-10-11-18(26-16)21(3,27)17-9-6-12-25-17/h4-13,19,22,27H,1-3H3,(H,23,24). The van der Waals surface area contributed by atoms with Crippen molar-refractivity contribution in [1.82, 2.24) is 0 Å². The second-order valence-electron chi connectivity index (χ2n) is 6.91. The number of furan rings is 2. The predicted molar refractivity (Wildman–Crippen MR) is 107 cm³/mol. The summed E-state index contributed by atoms with van der Waals surface area (Å²) in [5, 5.41) is 12.9. The Balaban J connectivity index is 1.92. The van der Waals surface area contributed by atoms with Crippen LogP contribution >= 0.6 is 12.6 Å².